The molecule has 0 aliphatic carbocycles. The number of hydrogen-bond acceptors (Lipinski definition) is 3. The van der Waals surface area contributed by atoms with Crippen LogP contribution in [0.1, 0.15) is 11.1 Å². The summed E-state index contributed by atoms with van der Waals surface area (Å²) in [7, 11) is 0. The maximum Gasteiger partial charge on any atom is 0.314 e. The van der Waals surface area contributed by atoms with Crippen molar-refractivity contribution in [1.82, 2.24) is 0 Å². The number of aryl methyl sites for hydroxylation is 1. The summed E-state index contributed by atoms with van der Waals surface area (Å²) >= 11 is 9.41. The number of halogens is 2. The molecule has 0 aliphatic rings. The molecule has 0 N–H and O–H groups in total. The van der Waals surface area contributed by atoms with Crippen LogP contribution < -0.4 is 4.74 Å². The lowest BCUT2D eigenvalue weighted by molar-refractivity contribution is -0.386. The molecule has 2 aromatic carbocycles. The van der Waals surface area contributed by atoms with Gasteiger partial charge in [0.15, 0.2) is 0 Å². The summed E-state index contributed by atoms with van der Waals surface area (Å²) in [6, 6.07) is 10.1. The molecule has 0 saturated carbocycles. The van der Waals surface area contributed by atoms with E-state index in [9.17, 15) is 10.1 Å². The van der Waals surface area contributed by atoms with Crippen LogP contribution in [0.3, 0.4) is 0 Å². The average molecular weight is 357 g/mol. The molecule has 0 aromatic heterocycles. The first-order chi connectivity index (χ1) is 9.52. The Hall–Kier alpha value is -1.59. The molecule has 0 atom stereocenters. The number of alkyl halides is 1. The van der Waals surface area contributed by atoms with Crippen molar-refractivity contribution in [3.63, 3.8) is 0 Å². The predicted octanol–water partition coefficient (Wildman–Crippen LogP) is 5.24. The summed E-state index contributed by atoms with van der Waals surface area (Å²) in [6.07, 6.45) is 0. The van der Waals surface area contributed by atoms with Crippen molar-refractivity contribution in [2.75, 3.05) is 0 Å². The summed E-state index contributed by atoms with van der Waals surface area (Å²) < 4.78 is 5.59. The molecule has 20 heavy (non-hydrogen) atoms. The van der Waals surface area contributed by atoms with Crippen LogP contribution in [-0.4, -0.2) is 4.92 Å². The van der Waals surface area contributed by atoms with Crippen molar-refractivity contribution < 1.29 is 9.66 Å². The molecule has 104 valence electrons. The van der Waals surface area contributed by atoms with Gasteiger partial charge in [0.2, 0.25) is 5.75 Å². The maximum absolute atomic E-state index is 11.1. The highest BCUT2D eigenvalue weighted by atomic mass is 79.9. The highest BCUT2D eigenvalue weighted by Gasteiger charge is 2.18. The molecule has 0 aliphatic heterocycles. The molecule has 4 nitrogen and oxygen atoms in total. The molecule has 0 unspecified atom stereocenters. The van der Waals surface area contributed by atoms with Crippen molar-refractivity contribution in [2.45, 2.75) is 12.3 Å². The van der Waals surface area contributed by atoms with Crippen LogP contribution >= 0.6 is 27.5 Å². The zero-order chi connectivity index (χ0) is 14.7. The summed E-state index contributed by atoms with van der Waals surface area (Å²) in [5, 5.41) is 12.3. The van der Waals surface area contributed by atoms with E-state index in [1.54, 1.807) is 37.3 Å². The number of nitro groups is 1. The van der Waals surface area contributed by atoms with Crippen molar-refractivity contribution in [3.05, 3.63) is 62.7 Å². The molecule has 6 heteroatoms. The van der Waals surface area contributed by atoms with Crippen LogP contribution in [0.25, 0.3) is 0 Å². The molecule has 2 aromatic rings. The second-order valence-electron chi connectivity index (χ2n) is 4.17. The third-order valence-electron chi connectivity index (χ3n) is 2.78. The van der Waals surface area contributed by atoms with Crippen molar-refractivity contribution in [1.29, 1.82) is 0 Å². The van der Waals surface area contributed by atoms with Gasteiger partial charge in [0.25, 0.3) is 0 Å². The minimum Gasteiger partial charge on any atom is -0.450 e. The van der Waals surface area contributed by atoms with E-state index in [1.165, 1.54) is 0 Å². The summed E-state index contributed by atoms with van der Waals surface area (Å²) in [6.45, 7) is 1.67. The van der Waals surface area contributed by atoms with Crippen LogP contribution in [0, 0.1) is 17.0 Å². The first kappa shape index (κ1) is 14.8. The van der Waals surface area contributed by atoms with E-state index in [0.717, 1.165) is 5.56 Å². The first-order valence-corrected chi connectivity index (χ1v) is 7.29. The van der Waals surface area contributed by atoms with E-state index in [1.807, 2.05) is 6.07 Å². The second kappa shape index (κ2) is 6.24. The molecule has 0 amide bonds. The van der Waals surface area contributed by atoms with Gasteiger partial charge < -0.3 is 4.74 Å². The quantitative estimate of drug-likeness (QED) is 0.427. The van der Waals surface area contributed by atoms with E-state index < -0.39 is 4.92 Å². The van der Waals surface area contributed by atoms with Gasteiger partial charge in [0.1, 0.15) is 5.75 Å². The third kappa shape index (κ3) is 3.11. The Morgan fingerprint density at radius 1 is 1.35 bits per heavy atom. The third-order valence-corrected chi connectivity index (χ3v) is 3.74. The normalized spacial score (nSPS) is 10.3. The fourth-order valence-electron chi connectivity index (χ4n) is 1.78. The van der Waals surface area contributed by atoms with E-state index in [0.29, 0.717) is 21.7 Å². The molecule has 0 saturated heterocycles. The van der Waals surface area contributed by atoms with Crippen molar-refractivity contribution in [3.8, 4) is 11.5 Å². The number of para-hydroxylation sites is 1. The number of rotatable bonds is 4. The van der Waals surface area contributed by atoms with Crippen molar-refractivity contribution in [2.24, 2.45) is 0 Å². The predicted molar refractivity (Wildman–Crippen MR) is 82.0 cm³/mol. The molecule has 0 spiro atoms. The maximum atomic E-state index is 11.1. The van der Waals surface area contributed by atoms with Gasteiger partial charge in [0.05, 0.1) is 4.92 Å². The van der Waals surface area contributed by atoms with Gasteiger partial charge in [-0.05, 0) is 30.7 Å². The molecule has 0 bridgehead atoms. The Bertz CT molecular complexity index is 661. The molecular weight excluding hydrogens is 346 g/mol. The fraction of sp³-hybridized carbons (Fsp3) is 0.143. The van der Waals surface area contributed by atoms with Gasteiger partial charge in [0, 0.05) is 15.9 Å². The lowest BCUT2D eigenvalue weighted by Gasteiger charge is -2.09. The minimum atomic E-state index is -0.445. The van der Waals surface area contributed by atoms with Crippen LogP contribution in [0.5, 0.6) is 11.5 Å². The van der Waals surface area contributed by atoms with Crippen LogP contribution in [0.15, 0.2) is 36.4 Å². The highest BCUT2D eigenvalue weighted by Crippen LogP contribution is 2.35. The van der Waals surface area contributed by atoms with E-state index in [-0.39, 0.29) is 11.4 Å². The topological polar surface area (TPSA) is 52.4 Å². The number of benzene rings is 2. The first-order valence-electron chi connectivity index (χ1n) is 5.79. The highest BCUT2D eigenvalue weighted by molar-refractivity contribution is 9.08. The lowest BCUT2D eigenvalue weighted by Crippen LogP contribution is -1.96. The minimum absolute atomic E-state index is 0.0341. The number of nitro benzene ring substituents is 1. The van der Waals surface area contributed by atoms with Gasteiger partial charge >= 0.3 is 5.69 Å². The standard InChI is InChI=1S/C14H11BrClNO3/c1-9-3-2-4-13(14(9)17(18)19)20-11-6-5-10(8-15)12(16)7-11/h2-7H,8H2,1H3. The molecule has 2 rings (SSSR count). The largest absolute Gasteiger partial charge is 0.450 e. The second-order valence-corrected chi connectivity index (χ2v) is 5.14. The zero-order valence-corrected chi connectivity index (χ0v) is 12.9. The molecule has 0 heterocycles. The smallest absolute Gasteiger partial charge is 0.314 e. The summed E-state index contributed by atoms with van der Waals surface area (Å²) in [5.41, 5.74) is 1.45. The Morgan fingerprint density at radius 3 is 2.70 bits per heavy atom. The SMILES string of the molecule is Cc1cccc(Oc2ccc(CBr)c(Cl)c2)c1[N+](=O)[O-]. The van der Waals surface area contributed by atoms with E-state index >= 15 is 0 Å². The summed E-state index contributed by atoms with van der Waals surface area (Å²) in [4.78, 5) is 10.6. The van der Waals surface area contributed by atoms with Gasteiger partial charge in [-0.1, -0.05) is 45.7 Å². The van der Waals surface area contributed by atoms with Gasteiger partial charge in [-0.15, -0.1) is 0 Å². The molecule has 0 radical (unpaired) electrons. The monoisotopic (exact) mass is 355 g/mol. The fourth-order valence-corrected chi connectivity index (χ4v) is 2.66. The molecule has 0 fully saturated rings. The van der Waals surface area contributed by atoms with Crippen LogP contribution in [0.4, 0.5) is 5.69 Å². The number of nitrogens with zero attached hydrogens (tertiary/aromatic N) is 1. The number of hydrogen-bond donors (Lipinski definition) is 0. The zero-order valence-electron chi connectivity index (χ0n) is 10.6. The van der Waals surface area contributed by atoms with Crippen molar-refractivity contribution >= 4 is 33.2 Å². The van der Waals surface area contributed by atoms with Crippen LogP contribution in [-0.2, 0) is 5.33 Å². The average Bonchev–Trinajstić information content (AvgIpc) is 2.38. The Kier molecular flexibility index (Phi) is 4.62. The number of ether oxygens (including phenoxy) is 1. The van der Waals surface area contributed by atoms with E-state index in [4.69, 9.17) is 16.3 Å². The van der Waals surface area contributed by atoms with Crippen LogP contribution in [0.2, 0.25) is 5.02 Å². The lowest BCUT2D eigenvalue weighted by atomic mass is 10.2. The Balaban J connectivity index is 2.38. The summed E-state index contributed by atoms with van der Waals surface area (Å²) in [5.74, 6) is 0.672. The van der Waals surface area contributed by atoms with Gasteiger partial charge in [-0.25, -0.2) is 0 Å². The Labute approximate surface area is 129 Å². The van der Waals surface area contributed by atoms with E-state index in [2.05, 4.69) is 15.9 Å². The molecular formula is C14H11BrClNO3. The van der Waals surface area contributed by atoms with Gasteiger partial charge in [-0.3, -0.25) is 10.1 Å². The van der Waals surface area contributed by atoms with Gasteiger partial charge in [-0.2, -0.15) is 0 Å². The Morgan fingerprint density at radius 2 is 2.10 bits per heavy atom.